The lowest BCUT2D eigenvalue weighted by molar-refractivity contribution is -0.274. The van der Waals surface area contributed by atoms with Crippen LogP contribution in [0, 0.1) is 11.7 Å². The summed E-state index contributed by atoms with van der Waals surface area (Å²) >= 11 is 0. The molecule has 1 fully saturated rings. The molecule has 2 amide bonds. The predicted molar refractivity (Wildman–Crippen MR) is 101 cm³/mol. The molecular weight excluding hydrogens is 404 g/mol. The van der Waals surface area contributed by atoms with Gasteiger partial charge in [0.2, 0.25) is 11.8 Å². The van der Waals surface area contributed by atoms with Gasteiger partial charge in [0, 0.05) is 18.8 Å². The molecule has 1 saturated heterocycles. The standard InChI is InChI=1S/C21H20F4N2O3/c22-16-5-3-14(4-6-16)12-19(28)27-11-1-2-15(13-27)20(29)26-17-7-9-18(10-8-17)30-21(23,24)25/h3-10,15H,1-2,11-13H2,(H,26,29). The molecular formula is C21H20F4N2O3. The van der Waals surface area contributed by atoms with Gasteiger partial charge in [-0.2, -0.15) is 0 Å². The Balaban J connectivity index is 1.54. The van der Waals surface area contributed by atoms with Gasteiger partial charge in [0.25, 0.3) is 0 Å². The summed E-state index contributed by atoms with van der Waals surface area (Å²) in [4.78, 5) is 26.7. The third-order valence-corrected chi connectivity index (χ3v) is 4.77. The molecule has 1 aliphatic rings. The molecule has 1 heterocycles. The average Bonchev–Trinajstić information content (AvgIpc) is 2.70. The zero-order valence-corrected chi connectivity index (χ0v) is 15.9. The van der Waals surface area contributed by atoms with Crippen LogP contribution in [0.15, 0.2) is 48.5 Å². The van der Waals surface area contributed by atoms with Crippen LogP contribution in [0.2, 0.25) is 0 Å². The molecule has 2 aromatic carbocycles. The number of alkyl halides is 3. The van der Waals surface area contributed by atoms with Gasteiger partial charge in [-0.1, -0.05) is 12.1 Å². The highest BCUT2D eigenvalue weighted by Gasteiger charge is 2.31. The number of likely N-dealkylation sites (tertiary alicyclic amines) is 1. The molecule has 1 atom stereocenters. The second-order valence-electron chi connectivity index (χ2n) is 7.04. The fourth-order valence-corrected chi connectivity index (χ4v) is 3.29. The normalized spacial score (nSPS) is 16.8. The SMILES string of the molecule is O=C(Nc1ccc(OC(F)(F)F)cc1)C1CCCN(C(=O)Cc2ccc(F)cc2)C1. The molecule has 1 unspecified atom stereocenters. The second-order valence-corrected chi connectivity index (χ2v) is 7.04. The van der Waals surface area contributed by atoms with Crippen LogP contribution in [0.25, 0.3) is 0 Å². The van der Waals surface area contributed by atoms with E-state index in [9.17, 15) is 27.2 Å². The molecule has 3 rings (SSSR count). The van der Waals surface area contributed by atoms with Crippen molar-refractivity contribution in [2.75, 3.05) is 18.4 Å². The molecule has 30 heavy (non-hydrogen) atoms. The third-order valence-electron chi connectivity index (χ3n) is 4.77. The first-order valence-electron chi connectivity index (χ1n) is 9.38. The number of hydrogen-bond donors (Lipinski definition) is 1. The number of nitrogens with zero attached hydrogens (tertiary/aromatic N) is 1. The highest BCUT2D eigenvalue weighted by molar-refractivity contribution is 5.93. The summed E-state index contributed by atoms with van der Waals surface area (Å²) in [5, 5.41) is 2.66. The fraction of sp³-hybridized carbons (Fsp3) is 0.333. The monoisotopic (exact) mass is 424 g/mol. The topological polar surface area (TPSA) is 58.6 Å². The zero-order valence-electron chi connectivity index (χ0n) is 15.9. The highest BCUT2D eigenvalue weighted by Crippen LogP contribution is 2.25. The van der Waals surface area contributed by atoms with Crippen molar-refractivity contribution in [3.8, 4) is 5.75 Å². The molecule has 0 radical (unpaired) electrons. The van der Waals surface area contributed by atoms with Crippen molar-refractivity contribution in [2.45, 2.75) is 25.6 Å². The van der Waals surface area contributed by atoms with Gasteiger partial charge >= 0.3 is 6.36 Å². The molecule has 5 nitrogen and oxygen atoms in total. The third kappa shape index (κ3) is 6.20. The molecule has 160 valence electrons. The first-order chi connectivity index (χ1) is 14.2. The van der Waals surface area contributed by atoms with Crippen molar-refractivity contribution in [3.63, 3.8) is 0 Å². The largest absolute Gasteiger partial charge is 0.573 e. The van der Waals surface area contributed by atoms with E-state index in [1.54, 1.807) is 17.0 Å². The number of benzene rings is 2. The van der Waals surface area contributed by atoms with Crippen molar-refractivity contribution < 1.29 is 31.9 Å². The number of rotatable bonds is 5. The number of amides is 2. The molecule has 2 aromatic rings. The maximum atomic E-state index is 13.0. The summed E-state index contributed by atoms with van der Waals surface area (Å²) in [5.41, 5.74) is 1.03. The quantitative estimate of drug-likeness (QED) is 0.734. The van der Waals surface area contributed by atoms with Gasteiger partial charge in [0.1, 0.15) is 11.6 Å². The molecule has 0 aromatic heterocycles. The summed E-state index contributed by atoms with van der Waals surface area (Å²) in [6, 6.07) is 10.5. The number of hydrogen-bond acceptors (Lipinski definition) is 3. The van der Waals surface area contributed by atoms with Crippen molar-refractivity contribution in [1.82, 2.24) is 4.90 Å². The van der Waals surface area contributed by atoms with Crippen molar-refractivity contribution in [1.29, 1.82) is 0 Å². The summed E-state index contributed by atoms with van der Waals surface area (Å²) in [6.07, 6.45) is -3.40. The van der Waals surface area contributed by atoms with Crippen LogP contribution in [0.1, 0.15) is 18.4 Å². The van der Waals surface area contributed by atoms with E-state index in [-0.39, 0.29) is 36.3 Å². The average molecular weight is 424 g/mol. The van der Waals surface area contributed by atoms with Crippen molar-refractivity contribution >= 4 is 17.5 Å². The Labute approximate surface area is 170 Å². The Morgan fingerprint density at radius 1 is 1.07 bits per heavy atom. The van der Waals surface area contributed by atoms with Crippen LogP contribution in [0.5, 0.6) is 5.75 Å². The van der Waals surface area contributed by atoms with Crippen LogP contribution in [0.3, 0.4) is 0 Å². The molecule has 0 bridgehead atoms. The molecule has 0 saturated carbocycles. The summed E-state index contributed by atoms with van der Waals surface area (Å²) in [6.45, 7) is 0.786. The number of halogens is 4. The Kier molecular flexibility index (Phi) is 6.59. The summed E-state index contributed by atoms with van der Waals surface area (Å²) < 4.78 is 53.4. The number of nitrogens with one attached hydrogen (secondary N) is 1. The van der Waals surface area contributed by atoms with E-state index in [1.165, 1.54) is 24.3 Å². The van der Waals surface area contributed by atoms with E-state index in [0.29, 0.717) is 30.6 Å². The maximum Gasteiger partial charge on any atom is 0.573 e. The Bertz CT molecular complexity index is 883. The minimum atomic E-state index is -4.78. The van der Waals surface area contributed by atoms with Gasteiger partial charge < -0.3 is 15.0 Å². The Hall–Kier alpha value is -3.10. The van der Waals surface area contributed by atoms with E-state index >= 15 is 0 Å². The van der Waals surface area contributed by atoms with Crippen LogP contribution >= 0.6 is 0 Å². The van der Waals surface area contributed by atoms with E-state index in [2.05, 4.69) is 10.1 Å². The van der Waals surface area contributed by atoms with Gasteiger partial charge in [-0.25, -0.2) is 4.39 Å². The number of carbonyl (C=O) groups excluding carboxylic acids is 2. The number of ether oxygens (including phenoxy) is 1. The van der Waals surface area contributed by atoms with E-state index in [4.69, 9.17) is 0 Å². The minimum Gasteiger partial charge on any atom is -0.406 e. The first-order valence-corrected chi connectivity index (χ1v) is 9.38. The number of carbonyl (C=O) groups is 2. The zero-order chi connectivity index (χ0) is 21.7. The Morgan fingerprint density at radius 2 is 1.73 bits per heavy atom. The molecule has 1 N–H and O–H groups in total. The van der Waals surface area contributed by atoms with Crippen molar-refractivity contribution in [2.24, 2.45) is 5.92 Å². The minimum absolute atomic E-state index is 0.120. The Morgan fingerprint density at radius 3 is 2.37 bits per heavy atom. The van der Waals surface area contributed by atoms with Gasteiger partial charge in [-0.3, -0.25) is 9.59 Å². The van der Waals surface area contributed by atoms with Crippen LogP contribution in [-0.2, 0) is 16.0 Å². The van der Waals surface area contributed by atoms with Gasteiger partial charge in [0.05, 0.1) is 12.3 Å². The van der Waals surface area contributed by atoms with Gasteiger partial charge in [0.15, 0.2) is 0 Å². The van der Waals surface area contributed by atoms with Crippen LogP contribution in [-0.4, -0.2) is 36.2 Å². The molecule has 0 aliphatic carbocycles. The first kappa shape index (κ1) is 21.6. The van der Waals surface area contributed by atoms with E-state index in [0.717, 1.165) is 12.1 Å². The van der Waals surface area contributed by atoms with Crippen molar-refractivity contribution in [3.05, 3.63) is 59.9 Å². The number of piperidine rings is 1. The van der Waals surface area contributed by atoms with Crippen LogP contribution in [0.4, 0.5) is 23.2 Å². The second kappa shape index (κ2) is 9.15. The summed E-state index contributed by atoms with van der Waals surface area (Å²) in [7, 11) is 0. The highest BCUT2D eigenvalue weighted by atomic mass is 19.4. The molecule has 1 aliphatic heterocycles. The predicted octanol–water partition coefficient (Wildman–Crippen LogP) is 4.14. The molecule has 0 spiro atoms. The lowest BCUT2D eigenvalue weighted by Crippen LogP contribution is -2.44. The van der Waals surface area contributed by atoms with Gasteiger partial charge in [-0.15, -0.1) is 13.2 Å². The smallest absolute Gasteiger partial charge is 0.406 e. The number of anilines is 1. The van der Waals surface area contributed by atoms with Gasteiger partial charge in [-0.05, 0) is 54.8 Å². The fourth-order valence-electron chi connectivity index (χ4n) is 3.29. The summed E-state index contributed by atoms with van der Waals surface area (Å²) in [5.74, 6) is -1.64. The lowest BCUT2D eigenvalue weighted by atomic mass is 9.96. The lowest BCUT2D eigenvalue weighted by Gasteiger charge is -2.32. The maximum absolute atomic E-state index is 13.0. The van der Waals surface area contributed by atoms with E-state index in [1.807, 2.05) is 0 Å². The van der Waals surface area contributed by atoms with Crippen LogP contribution < -0.4 is 10.1 Å². The van der Waals surface area contributed by atoms with E-state index < -0.39 is 12.3 Å². The molecule has 9 heteroatoms.